The average molecular weight is 480 g/mol. The lowest BCUT2D eigenvalue weighted by molar-refractivity contribution is -0.118. The number of hydrogen-bond donors (Lipinski definition) is 2. The Hall–Kier alpha value is -4.11. The topological polar surface area (TPSA) is 89.1 Å². The van der Waals surface area contributed by atoms with Gasteiger partial charge in [-0.3, -0.25) is 9.59 Å². The fraction of sp³-hybridized carbons (Fsp3) is 0.231. The van der Waals surface area contributed by atoms with Gasteiger partial charge in [0.15, 0.2) is 6.61 Å². The van der Waals surface area contributed by atoms with E-state index in [9.17, 15) is 14.0 Å². The number of hydrogen-bond acceptors (Lipinski definition) is 6. The van der Waals surface area contributed by atoms with Crippen molar-refractivity contribution in [2.24, 2.45) is 0 Å². The number of carbonyl (C=O) groups excluding carboxylic acids is 2. The van der Waals surface area contributed by atoms with Crippen molar-refractivity contribution in [2.75, 3.05) is 55.6 Å². The van der Waals surface area contributed by atoms with Gasteiger partial charge in [0.2, 0.25) is 0 Å². The van der Waals surface area contributed by atoms with E-state index >= 15 is 0 Å². The van der Waals surface area contributed by atoms with Crippen molar-refractivity contribution in [3.05, 3.63) is 78.1 Å². The monoisotopic (exact) mass is 479 g/mol. The molecule has 1 saturated heterocycles. The third kappa shape index (κ3) is 6.48. The lowest BCUT2D eigenvalue weighted by atomic mass is 10.2. The summed E-state index contributed by atoms with van der Waals surface area (Å²) in [4.78, 5) is 26.6. The Labute approximate surface area is 202 Å². The Bertz CT molecular complexity index is 1180. The zero-order valence-corrected chi connectivity index (χ0v) is 19.3. The lowest BCUT2D eigenvalue weighted by Crippen LogP contribution is -2.36. The largest absolute Gasteiger partial charge is 0.497 e. The van der Waals surface area contributed by atoms with Crippen LogP contribution in [0.25, 0.3) is 0 Å². The maximum Gasteiger partial charge on any atom is 0.262 e. The zero-order valence-electron chi connectivity index (χ0n) is 19.3. The maximum atomic E-state index is 14.6. The number of anilines is 3. The van der Waals surface area contributed by atoms with Gasteiger partial charge in [0.25, 0.3) is 11.8 Å². The molecule has 3 aromatic rings. The Morgan fingerprint density at radius 2 is 1.69 bits per heavy atom. The van der Waals surface area contributed by atoms with Crippen LogP contribution in [0.1, 0.15) is 10.4 Å². The average Bonchev–Trinajstić information content (AvgIpc) is 2.88. The van der Waals surface area contributed by atoms with Crippen molar-refractivity contribution in [1.29, 1.82) is 0 Å². The number of benzene rings is 3. The van der Waals surface area contributed by atoms with Gasteiger partial charge in [-0.25, -0.2) is 4.39 Å². The van der Waals surface area contributed by atoms with Crippen molar-refractivity contribution in [2.45, 2.75) is 0 Å². The van der Waals surface area contributed by atoms with Gasteiger partial charge in [-0.05, 0) is 54.6 Å². The van der Waals surface area contributed by atoms with Gasteiger partial charge in [0.05, 0.1) is 26.0 Å². The van der Waals surface area contributed by atoms with Crippen LogP contribution in [-0.4, -0.2) is 51.8 Å². The molecular weight excluding hydrogens is 453 g/mol. The summed E-state index contributed by atoms with van der Waals surface area (Å²) >= 11 is 0. The maximum absolute atomic E-state index is 14.6. The van der Waals surface area contributed by atoms with E-state index in [0.717, 1.165) is 0 Å². The van der Waals surface area contributed by atoms with E-state index in [1.165, 1.54) is 6.07 Å². The molecule has 2 N–H and O–H groups in total. The van der Waals surface area contributed by atoms with E-state index in [1.807, 2.05) is 4.90 Å². The second-order valence-electron chi connectivity index (χ2n) is 7.81. The van der Waals surface area contributed by atoms with Gasteiger partial charge in [-0.15, -0.1) is 0 Å². The van der Waals surface area contributed by atoms with E-state index in [2.05, 4.69) is 10.6 Å². The molecule has 0 saturated carbocycles. The van der Waals surface area contributed by atoms with Crippen molar-refractivity contribution < 1.29 is 28.2 Å². The van der Waals surface area contributed by atoms with Gasteiger partial charge in [-0.1, -0.05) is 6.07 Å². The number of rotatable bonds is 8. The van der Waals surface area contributed by atoms with Crippen molar-refractivity contribution in [3.63, 3.8) is 0 Å². The lowest BCUT2D eigenvalue weighted by Gasteiger charge is -2.29. The van der Waals surface area contributed by atoms with E-state index in [4.69, 9.17) is 14.2 Å². The highest BCUT2D eigenvalue weighted by atomic mass is 19.1. The number of nitrogens with zero attached hydrogens (tertiary/aromatic N) is 1. The Morgan fingerprint density at radius 1 is 0.943 bits per heavy atom. The minimum Gasteiger partial charge on any atom is -0.497 e. The molecule has 0 atom stereocenters. The normalized spacial score (nSPS) is 13.1. The van der Waals surface area contributed by atoms with Gasteiger partial charge in [0.1, 0.15) is 17.3 Å². The van der Waals surface area contributed by atoms with Crippen LogP contribution in [0.3, 0.4) is 0 Å². The number of nitrogens with one attached hydrogen (secondary N) is 2. The van der Waals surface area contributed by atoms with Crippen LogP contribution in [0.2, 0.25) is 0 Å². The predicted molar refractivity (Wildman–Crippen MR) is 131 cm³/mol. The van der Waals surface area contributed by atoms with E-state index in [1.54, 1.807) is 67.8 Å². The fourth-order valence-corrected chi connectivity index (χ4v) is 3.60. The quantitative estimate of drug-likeness (QED) is 0.509. The first-order valence-corrected chi connectivity index (χ1v) is 11.1. The van der Waals surface area contributed by atoms with Crippen LogP contribution in [-0.2, 0) is 9.53 Å². The van der Waals surface area contributed by atoms with Gasteiger partial charge < -0.3 is 29.7 Å². The summed E-state index contributed by atoms with van der Waals surface area (Å²) in [7, 11) is 1.55. The molecular formula is C26H26FN3O5. The first kappa shape index (κ1) is 24.0. The Balaban J connectivity index is 1.29. The van der Waals surface area contributed by atoms with Crippen LogP contribution in [0.15, 0.2) is 66.7 Å². The van der Waals surface area contributed by atoms with Gasteiger partial charge in [-0.2, -0.15) is 0 Å². The molecule has 8 nitrogen and oxygen atoms in total. The molecule has 0 aliphatic carbocycles. The summed E-state index contributed by atoms with van der Waals surface area (Å²) in [5, 5.41) is 5.42. The van der Waals surface area contributed by atoms with Crippen LogP contribution < -0.4 is 25.0 Å². The number of amides is 2. The molecule has 3 aromatic carbocycles. The minimum atomic E-state index is -0.402. The summed E-state index contributed by atoms with van der Waals surface area (Å²) in [5.41, 5.74) is 1.82. The van der Waals surface area contributed by atoms with Crippen LogP contribution >= 0.6 is 0 Å². The highest BCUT2D eigenvalue weighted by Crippen LogP contribution is 2.24. The van der Waals surface area contributed by atoms with Gasteiger partial charge in [0, 0.05) is 36.1 Å². The summed E-state index contributed by atoms with van der Waals surface area (Å²) in [5.74, 6) is -0.0502. The third-order valence-corrected chi connectivity index (χ3v) is 5.40. The summed E-state index contributed by atoms with van der Waals surface area (Å²) in [6.07, 6.45) is 0. The minimum absolute atomic E-state index is 0.197. The second kappa shape index (κ2) is 11.3. The van der Waals surface area contributed by atoms with E-state index in [-0.39, 0.29) is 18.4 Å². The molecule has 0 bridgehead atoms. The standard InChI is InChI=1S/C26H26FN3O5/c1-33-22-4-2-3-19(15-22)28-25(31)17-35-21-8-5-18(6-9-21)26(32)29-20-7-10-24(23(27)16-20)30-11-13-34-14-12-30/h2-10,15-16H,11-14,17H2,1H3,(H,28,31)(H,29,32). The first-order chi connectivity index (χ1) is 17.0. The highest BCUT2D eigenvalue weighted by Gasteiger charge is 2.16. The van der Waals surface area contributed by atoms with E-state index < -0.39 is 5.82 Å². The molecule has 0 spiro atoms. The zero-order chi connectivity index (χ0) is 24.6. The van der Waals surface area contributed by atoms with Crippen molar-refractivity contribution in [1.82, 2.24) is 0 Å². The van der Waals surface area contributed by atoms with E-state index in [0.29, 0.717) is 60.4 Å². The molecule has 4 rings (SSSR count). The second-order valence-corrected chi connectivity index (χ2v) is 7.81. The number of ether oxygens (including phenoxy) is 3. The van der Waals surface area contributed by atoms with Crippen LogP contribution in [0.4, 0.5) is 21.5 Å². The highest BCUT2D eigenvalue weighted by molar-refractivity contribution is 6.04. The molecule has 35 heavy (non-hydrogen) atoms. The third-order valence-electron chi connectivity index (χ3n) is 5.40. The van der Waals surface area contributed by atoms with Crippen LogP contribution in [0, 0.1) is 5.82 Å². The molecule has 9 heteroatoms. The Morgan fingerprint density at radius 3 is 2.40 bits per heavy atom. The number of carbonyl (C=O) groups is 2. The molecule has 1 heterocycles. The molecule has 1 fully saturated rings. The molecule has 1 aliphatic rings. The SMILES string of the molecule is COc1cccc(NC(=O)COc2ccc(C(=O)Nc3ccc(N4CCOCC4)c(F)c3)cc2)c1. The molecule has 1 aliphatic heterocycles. The smallest absolute Gasteiger partial charge is 0.262 e. The van der Waals surface area contributed by atoms with Gasteiger partial charge >= 0.3 is 0 Å². The summed E-state index contributed by atoms with van der Waals surface area (Å²) in [6, 6.07) is 18.0. The number of methoxy groups -OCH3 is 1. The van der Waals surface area contributed by atoms with Crippen molar-refractivity contribution in [3.8, 4) is 11.5 Å². The molecule has 0 radical (unpaired) electrons. The Kier molecular flexibility index (Phi) is 7.79. The predicted octanol–water partition coefficient (Wildman–Crippen LogP) is 3.94. The summed E-state index contributed by atoms with van der Waals surface area (Å²) in [6.45, 7) is 2.17. The number of halogens is 1. The molecule has 0 unspecified atom stereocenters. The molecule has 2 amide bonds. The fourth-order valence-electron chi connectivity index (χ4n) is 3.60. The van der Waals surface area contributed by atoms with Crippen LogP contribution in [0.5, 0.6) is 11.5 Å². The number of morpholine rings is 1. The first-order valence-electron chi connectivity index (χ1n) is 11.1. The van der Waals surface area contributed by atoms with Crippen molar-refractivity contribution >= 4 is 28.9 Å². The molecule has 0 aromatic heterocycles. The summed E-state index contributed by atoms with van der Waals surface area (Å²) < 4.78 is 30.5. The molecule has 182 valence electrons.